The number of hydrogen-bond acceptors (Lipinski definition) is 7. The summed E-state index contributed by atoms with van der Waals surface area (Å²) in [6, 6.07) is 15.9. The summed E-state index contributed by atoms with van der Waals surface area (Å²) >= 11 is 0. The molecule has 0 amide bonds. The van der Waals surface area contributed by atoms with Gasteiger partial charge < -0.3 is 15.4 Å². The fourth-order valence-electron chi connectivity index (χ4n) is 2.93. The summed E-state index contributed by atoms with van der Waals surface area (Å²) < 4.78 is 34.6. The lowest BCUT2D eigenvalue weighted by Gasteiger charge is -2.12. The average Bonchev–Trinajstić information content (AvgIpc) is 2.82. The topological polar surface area (TPSA) is 95.8 Å². The first-order valence-corrected chi connectivity index (χ1v) is 9.42. The minimum atomic E-state index is -0.781. The summed E-state index contributed by atoms with van der Waals surface area (Å²) in [7, 11) is 1.46. The van der Waals surface area contributed by atoms with E-state index in [2.05, 4.69) is 25.6 Å². The summed E-state index contributed by atoms with van der Waals surface area (Å²) in [5.41, 5.74) is 1.76. The highest BCUT2D eigenvalue weighted by atomic mass is 19.1. The predicted molar refractivity (Wildman–Crippen MR) is 116 cm³/mol. The summed E-state index contributed by atoms with van der Waals surface area (Å²) in [6.07, 6.45) is 2.95. The zero-order valence-corrected chi connectivity index (χ0v) is 16.8. The van der Waals surface area contributed by atoms with Gasteiger partial charge in [0.1, 0.15) is 23.1 Å². The van der Waals surface area contributed by atoms with Gasteiger partial charge in [0.05, 0.1) is 18.7 Å². The van der Waals surface area contributed by atoms with Crippen LogP contribution in [0.4, 0.5) is 31.9 Å². The van der Waals surface area contributed by atoms with Crippen molar-refractivity contribution in [1.29, 1.82) is 5.26 Å². The van der Waals surface area contributed by atoms with E-state index >= 15 is 0 Å². The third-order valence-corrected chi connectivity index (χ3v) is 4.50. The highest BCUT2D eigenvalue weighted by Gasteiger charge is 2.14. The second kappa shape index (κ2) is 9.06. The van der Waals surface area contributed by atoms with Gasteiger partial charge in [-0.2, -0.15) is 10.2 Å². The Kier molecular flexibility index (Phi) is 5.85. The molecule has 2 N–H and O–H groups in total. The van der Waals surface area contributed by atoms with E-state index in [1.54, 1.807) is 36.4 Å². The van der Waals surface area contributed by atoms with Crippen LogP contribution in [0.2, 0.25) is 0 Å². The molecule has 158 valence electrons. The van der Waals surface area contributed by atoms with E-state index in [0.717, 1.165) is 0 Å². The predicted octanol–water partition coefficient (Wildman–Crippen LogP) is 5.18. The number of methoxy groups -OCH3 is 1. The molecule has 2 aromatic carbocycles. The van der Waals surface area contributed by atoms with Crippen LogP contribution in [0.15, 0.2) is 67.0 Å². The van der Waals surface area contributed by atoms with E-state index < -0.39 is 11.6 Å². The molecule has 0 spiro atoms. The number of ether oxygens (including phenoxy) is 1. The van der Waals surface area contributed by atoms with Crippen LogP contribution in [0, 0.1) is 23.0 Å². The Morgan fingerprint density at radius 2 is 1.59 bits per heavy atom. The van der Waals surface area contributed by atoms with Gasteiger partial charge in [-0.3, -0.25) is 0 Å². The Morgan fingerprint density at radius 1 is 0.875 bits per heavy atom. The maximum absolute atomic E-state index is 14.7. The Bertz CT molecular complexity index is 1280. The molecule has 4 rings (SSSR count). The standard InChI is InChI=1S/C23H16F2N6O/c1-32-21-12-15(6-8-27-21)16-10-18(24)22(19(25)11-16)30-20-7-9-28-23(31-20)29-17-4-2-14(13-26)3-5-17/h2-12H,1H3,(H2,28,29,30,31). The van der Waals surface area contributed by atoms with Crippen LogP contribution >= 0.6 is 0 Å². The minimum absolute atomic E-state index is 0.201. The molecule has 7 nitrogen and oxygen atoms in total. The number of nitriles is 1. The molecule has 0 aliphatic rings. The molecule has 0 unspecified atom stereocenters. The monoisotopic (exact) mass is 430 g/mol. The van der Waals surface area contributed by atoms with E-state index in [0.29, 0.717) is 28.3 Å². The molecular formula is C23H16F2N6O. The van der Waals surface area contributed by atoms with Crippen LogP contribution in [0.1, 0.15) is 5.56 Å². The lowest BCUT2D eigenvalue weighted by Crippen LogP contribution is -2.03. The SMILES string of the molecule is COc1cc(-c2cc(F)c(Nc3ccnc(Nc4ccc(C#N)cc4)n3)c(F)c2)ccn1. The molecule has 32 heavy (non-hydrogen) atoms. The van der Waals surface area contributed by atoms with E-state index in [1.807, 2.05) is 6.07 Å². The van der Waals surface area contributed by atoms with E-state index in [9.17, 15) is 8.78 Å². The second-order valence-electron chi connectivity index (χ2n) is 6.61. The van der Waals surface area contributed by atoms with Crippen LogP contribution < -0.4 is 15.4 Å². The van der Waals surface area contributed by atoms with Gasteiger partial charge in [-0.05, 0) is 59.7 Å². The number of rotatable bonds is 6. The van der Waals surface area contributed by atoms with Crippen molar-refractivity contribution in [1.82, 2.24) is 15.0 Å². The van der Waals surface area contributed by atoms with Gasteiger partial charge in [0.2, 0.25) is 11.8 Å². The van der Waals surface area contributed by atoms with Crippen molar-refractivity contribution in [2.75, 3.05) is 17.7 Å². The number of benzene rings is 2. The molecule has 0 bridgehead atoms. The van der Waals surface area contributed by atoms with Crippen molar-refractivity contribution in [2.45, 2.75) is 0 Å². The number of halogens is 2. The molecule has 0 radical (unpaired) electrons. The summed E-state index contributed by atoms with van der Waals surface area (Å²) in [5, 5.41) is 14.5. The largest absolute Gasteiger partial charge is 0.481 e. The number of anilines is 4. The van der Waals surface area contributed by atoms with Gasteiger partial charge >= 0.3 is 0 Å². The summed E-state index contributed by atoms with van der Waals surface area (Å²) in [6.45, 7) is 0. The highest BCUT2D eigenvalue weighted by molar-refractivity contribution is 5.69. The zero-order valence-electron chi connectivity index (χ0n) is 16.8. The van der Waals surface area contributed by atoms with Crippen LogP contribution in [-0.4, -0.2) is 22.1 Å². The molecule has 0 aliphatic carbocycles. The fourth-order valence-corrected chi connectivity index (χ4v) is 2.93. The van der Waals surface area contributed by atoms with Gasteiger partial charge in [-0.1, -0.05) is 0 Å². The first-order valence-electron chi connectivity index (χ1n) is 9.42. The Labute approximate surface area is 182 Å². The lowest BCUT2D eigenvalue weighted by atomic mass is 10.1. The number of pyridine rings is 1. The van der Waals surface area contributed by atoms with E-state index in [-0.39, 0.29) is 17.5 Å². The molecule has 0 saturated heterocycles. The van der Waals surface area contributed by atoms with Crippen molar-refractivity contribution in [3.63, 3.8) is 0 Å². The van der Waals surface area contributed by atoms with E-state index in [4.69, 9.17) is 10.00 Å². The number of hydrogen-bond donors (Lipinski definition) is 2. The van der Waals surface area contributed by atoms with Crippen LogP contribution in [0.25, 0.3) is 11.1 Å². The van der Waals surface area contributed by atoms with Gasteiger partial charge in [-0.15, -0.1) is 0 Å². The number of nitrogens with one attached hydrogen (secondary N) is 2. The molecule has 2 aromatic heterocycles. The van der Waals surface area contributed by atoms with Crippen molar-refractivity contribution >= 4 is 23.1 Å². The van der Waals surface area contributed by atoms with E-state index in [1.165, 1.54) is 37.7 Å². The van der Waals surface area contributed by atoms with Crippen LogP contribution in [0.5, 0.6) is 5.88 Å². The molecule has 9 heteroatoms. The number of nitrogens with zero attached hydrogens (tertiary/aromatic N) is 4. The third kappa shape index (κ3) is 4.60. The molecular weight excluding hydrogens is 414 g/mol. The summed E-state index contributed by atoms with van der Waals surface area (Å²) in [5.74, 6) is -0.797. The first-order chi connectivity index (χ1) is 15.6. The highest BCUT2D eigenvalue weighted by Crippen LogP contribution is 2.30. The quantitative estimate of drug-likeness (QED) is 0.435. The van der Waals surface area contributed by atoms with Gasteiger partial charge in [-0.25, -0.2) is 18.7 Å². The third-order valence-electron chi connectivity index (χ3n) is 4.50. The molecule has 0 saturated carbocycles. The molecule has 2 heterocycles. The normalized spacial score (nSPS) is 10.3. The fraction of sp³-hybridized carbons (Fsp3) is 0.0435. The van der Waals surface area contributed by atoms with Crippen LogP contribution in [-0.2, 0) is 0 Å². The summed E-state index contributed by atoms with van der Waals surface area (Å²) in [4.78, 5) is 12.3. The minimum Gasteiger partial charge on any atom is -0.481 e. The lowest BCUT2D eigenvalue weighted by molar-refractivity contribution is 0.398. The Hall–Kier alpha value is -4.58. The zero-order chi connectivity index (χ0) is 22.5. The van der Waals surface area contributed by atoms with Crippen molar-refractivity contribution in [3.05, 3.63) is 84.2 Å². The van der Waals surface area contributed by atoms with Gasteiger partial charge in [0, 0.05) is 24.1 Å². The molecule has 4 aromatic rings. The van der Waals surface area contributed by atoms with Crippen LogP contribution in [0.3, 0.4) is 0 Å². The van der Waals surface area contributed by atoms with Crippen molar-refractivity contribution in [3.8, 4) is 23.1 Å². The van der Waals surface area contributed by atoms with Crippen molar-refractivity contribution < 1.29 is 13.5 Å². The smallest absolute Gasteiger partial charge is 0.229 e. The Balaban J connectivity index is 1.56. The molecule has 0 atom stereocenters. The average molecular weight is 430 g/mol. The van der Waals surface area contributed by atoms with Gasteiger partial charge in [0.25, 0.3) is 0 Å². The van der Waals surface area contributed by atoms with Crippen molar-refractivity contribution in [2.24, 2.45) is 0 Å². The first kappa shape index (κ1) is 20.7. The Morgan fingerprint density at radius 3 is 2.28 bits per heavy atom. The number of aromatic nitrogens is 3. The maximum atomic E-state index is 14.7. The second-order valence-corrected chi connectivity index (χ2v) is 6.61. The molecule has 0 aliphatic heterocycles. The molecule has 0 fully saturated rings. The van der Waals surface area contributed by atoms with Gasteiger partial charge in [0.15, 0.2) is 0 Å². The maximum Gasteiger partial charge on any atom is 0.229 e.